The van der Waals surface area contributed by atoms with Gasteiger partial charge in [0, 0.05) is 19.2 Å². The Labute approximate surface area is 97.3 Å². The predicted molar refractivity (Wildman–Crippen MR) is 66.6 cm³/mol. The Morgan fingerprint density at radius 2 is 2.19 bits per heavy atom. The van der Waals surface area contributed by atoms with Gasteiger partial charge in [0.2, 0.25) is 5.91 Å². The number of hydrogen-bond acceptors (Lipinski definition) is 1. The normalized spacial score (nSPS) is 19.4. The molecule has 1 unspecified atom stereocenters. The third-order valence-electron chi connectivity index (χ3n) is 3.31. The Morgan fingerprint density at radius 1 is 1.44 bits per heavy atom. The smallest absolute Gasteiger partial charge is 0.223 e. The summed E-state index contributed by atoms with van der Waals surface area (Å²) in [6, 6.07) is 8.27. The fraction of sp³-hybridized carbons (Fsp3) is 0.500. The molecule has 0 radical (unpaired) electrons. The van der Waals surface area contributed by atoms with E-state index in [1.54, 1.807) is 6.92 Å². The molecule has 1 amide bonds. The standard InChI is InChI=1S/C14H19NO/c1-3-6-12-9-13-7-4-5-8-14(13)15(10-12)11(2)16/h4-5,7-8,12H,3,6,9-10H2,1-2H3. The first kappa shape index (κ1) is 11.2. The Balaban J connectivity index is 2.30. The molecule has 0 saturated heterocycles. The van der Waals surface area contributed by atoms with Crippen molar-refractivity contribution in [3.8, 4) is 0 Å². The quantitative estimate of drug-likeness (QED) is 0.745. The maximum atomic E-state index is 11.6. The molecule has 0 aromatic heterocycles. The number of nitrogens with zero attached hydrogens (tertiary/aromatic N) is 1. The van der Waals surface area contributed by atoms with E-state index in [1.807, 2.05) is 11.0 Å². The van der Waals surface area contributed by atoms with Gasteiger partial charge in [0.25, 0.3) is 0 Å². The van der Waals surface area contributed by atoms with Crippen LogP contribution < -0.4 is 4.90 Å². The highest BCUT2D eigenvalue weighted by atomic mass is 16.2. The van der Waals surface area contributed by atoms with Crippen molar-refractivity contribution in [2.75, 3.05) is 11.4 Å². The summed E-state index contributed by atoms with van der Waals surface area (Å²) < 4.78 is 0. The van der Waals surface area contributed by atoms with E-state index in [0.717, 1.165) is 18.7 Å². The van der Waals surface area contributed by atoms with Crippen molar-refractivity contribution in [2.45, 2.75) is 33.1 Å². The lowest BCUT2D eigenvalue weighted by atomic mass is 9.89. The lowest BCUT2D eigenvalue weighted by Crippen LogP contribution is -2.38. The van der Waals surface area contributed by atoms with Gasteiger partial charge < -0.3 is 4.90 Å². The number of rotatable bonds is 2. The highest BCUT2D eigenvalue weighted by molar-refractivity contribution is 5.92. The third kappa shape index (κ3) is 2.11. The molecule has 2 nitrogen and oxygen atoms in total. The second kappa shape index (κ2) is 4.69. The molecule has 0 bridgehead atoms. The van der Waals surface area contributed by atoms with E-state index < -0.39 is 0 Å². The minimum atomic E-state index is 0.160. The number of anilines is 1. The number of para-hydroxylation sites is 1. The summed E-state index contributed by atoms with van der Waals surface area (Å²) in [5.74, 6) is 0.789. The molecule has 16 heavy (non-hydrogen) atoms. The van der Waals surface area contributed by atoms with Gasteiger partial charge in [-0.25, -0.2) is 0 Å². The second-order valence-corrected chi connectivity index (χ2v) is 4.62. The summed E-state index contributed by atoms with van der Waals surface area (Å²) in [4.78, 5) is 13.6. The minimum Gasteiger partial charge on any atom is -0.312 e. The summed E-state index contributed by atoms with van der Waals surface area (Å²) in [5, 5.41) is 0. The number of carbonyl (C=O) groups is 1. The fourth-order valence-electron chi connectivity index (χ4n) is 2.58. The topological polar surface area (TPSA) is 20.3 Å². The SMILES string of the molecule is CCCC1Cc2ccccc2N(C(C)=O)C1. The molecule has 86 valence electrons. The molecule has 1 aliphatic heterocycles. The molecule has 2 heteroatoms. The molecule has 1 heterocycles. The summed E-state index contributed by atoms with van der Waals surface area (Å²) in [6.07, 6.45) is 3.52. The highest BCUT2D eigenvalue weighted by Crippen LogP contribution is 2.31. The van der Waals surface area contributed by atoms with Gasteiger partial charge in [0.05, 0.1) is 0 Å². The van der Waals surface area contributed by atoms with E-state index in [-0.39, 0.29) is 5.91 Å². The number of amides is 1. The van der Waals surface area contributed by atoms with Gasteiger partial charge in [-0.05, 0) is 30.4 Å². The van der Waals surface area contributed by atoms with Crippen LogP contribution in [0.4, 0.5) is 5.69 Å². The van der Waals surface area contributed by atoms with Gasteiger partial charge in [-0.3, -0.25) is 4.79 Å². The van der Waals surface area contributed by atoms with Gasteiger partial charge in [0.15, 0.2) is 0 Å². The van der Waals surface area contributed by atoms with Crippen molar-refractivity contribution in [2.24, 2.45) is 5.92 Å². The van der Waals surface area contributed by atoms with E-state index in [2.05, 4.69) is 25.1 Å². The van der Waals surface area contributed by atoms with Crippen LogP contribution in [0.15, 0.2) is 24.3 Å². The zero-order chi connectivity index (χ0) is 11.5. The molecule has 0 spiro atoms. The zero-order valence-electron chi connectivity index (χ0n) is 10.1. The van der Waals surface area contributed by atoms with Crippen LogP contribution >= 0.6 is 0 Å². The monoisotopic (exact) mass is 217 g/mol. The number of benzene rings is 1. The van der Waals surface area contributed by atoms with Crippen molar-refractivity contribution in [1.29, 1.82) is 0 Å². The van der Waals surface area contributed by atoms with Crippen molar-refractivity contribution < 1.29 is 4.79 Å². The van der Waals surface area contributed by atoms with E-state index in [1.165, 1.54) is 18.4 Å². The summed E-state index contributed by atoms with van der Waals surface area (Å²) in [6.45, 7) is 4.75. The number of hydrogen-bond donors (Lipinski definition) is 0. The van der Waals surface area contributed by atoms with Crippen molar-refractivity contribution in [3.05, 3.63) is 29.8 Å². The molecule has 1 aromatic carbocycles. The highest BCUT2D eigenvalue weighted by Gasteiger charge is 2.25. The predicted octanol–water partition coefficient (Wildman–Crippen LogP) is 3.01. The summed E-state index contributed by atoms with van der Waals surface area (Å²) in [7, 11) is 0. The molecule has 2 rings (SSSR count). The van der Waals surface area contributed by atoms with Crippen LogP contribution in [-0.4, -0.2) is 12.5 Å². The van der Waals surface area contributed by atoms with Crippen LogP contribution in [0.3, 0.4) is 0 Å². The maximum Gasteiger partial charge on any atom is 0.223 e. The van der Waals surface area contributed by atoms with Gasteiger partial charge in [-0.15, -0.1) is 0 Å². The van der Waals surface area contributed by atoms with Crippen molar-refractivity contribution in [1.82, 2.24) is 0 Å². The minimum absolute atomic E-state index is 0.160. The lowest BCUT2D eigenvalue weighted by molar-refractivity contribution is -0.116. The summed E-state index contributed by atoms with van der Waals surface area (Å²) >= 11 is 0. The second-order valence-electron chi connectivity index (χ2n) is 4.62. The number of fused-ring (bicyclic) bond motifs is 1. The molecule has 0 N–H and O–H groups in total. The Bertz CT molecular complexity index is 386. The molecular formula is C14H19NO. The van der Waals surface area contributed by atoms with E-state index in [4.69, 9.17) is 0 Å². The largest absolute Gasteiger partial charge is 0.312 e. The Hall–Kier alpha value is -1.31. The molecule has 0 fully saturated rings. The fourth-order valence-corrected chi connectivity index (χ4v) is 2.58. The first-order chi connectivity index (χ1) is 7.72. The van der Waals surface area contributed by atoms with E-state index in [9.17, 15) is 4.79 Å². The number of carbonyl (C=O) groups excluding carboxylic acids is 1. The molecule has 0 saturated carbocycles. The van der Waals surface area contributed by atoms with Crippen molar-refractivity contribution in [3.63, 3.8) is 0 Å². The average Bonchev–Trinajstić information content (AvgIpc) is 2.28. The zero-order valence-corrected chi connectivity index (χ0v) is 10.1. The molecule has 1 atom stereocenters. The molecular weight excluding hydrogens is 198 g/mol. The van der Waals surface area contributed by atoms with Crippen LogP contribution in [0.5, 0.6) is 0 Å². The Kier molecular flexibility index (Phi) is 3.28. The molecule has 0 aliphatic carbocycles. The maximum absolute atomic E-state index is 11.6. The lowest BCUT2D eigenvalue weighted by Gasteiger charge is -2.34. The van der Waals surface area contributed by atoms with Crippen LogP contribution in [0.25, 0.3) is 0 Å². The van der Waals surface area contributed by atoms with Gasteiger partial charge >= 0.3 is 0 Å². The first-order valence-corrected chi connectivity index (χ1v) is 6.08. The first-order valence-electron chi connectivity index (χ1n) is 6.08. The van der Waals surface area contributed by atoms with Gasteiger partial charge in [-0.2, -0.15) is 0 Å². The molecule has 1 aromatic rings. The van der Waals surface area contributed by atoms with Gasteiger partial charge in [0.1, 0.15) is 0 Å². The third-order valence-corrected chi connectivity index (χ3v) is 3.31. The van der Waals surface area contributed by atoms with E-state index in [0.29, 0.717) is 5.92 Å². The van der Waals surface area contributed by atoms with Crippen LogP contribution in [0, 0.1) is 5.92 Å². The van der Waals surface area contributed by atoms with E-state index >= 15 is 0 Å². The summed E-state index contributed by atoms with van der Waals surface area (Å²) in [5.41, 5.74) is 2.43. The molecule has 1 aliphatic rings. The average molecular weight is 217 g/mol. The van der Waals surface area contributed by atoms with Crippen LogP contribution in [-0.2, 0) is 11.2 Å². The van der Waals surface area contributed by atoms with Gasteiger partial charge in [-0.1, -0.05) is 31.5 Å². The van der Waals surface area contributed by atoms with Crippen LogP contribution in [0.2, 0.25) is 0 Å². The van der Waals surface area contributed by atoms with Crippen molar-refractivity contribution >= 4 is 11.6 Å². The van der Waals surface area contributed by atoms with Crippen LogP contribution in [0.1, 0.15) is 32.3 Å². The Morgan fingerprint density at radius 3 is 2.88 bits per heavy atom.